The molecule has 0 bridgehead atoms. The van der Waals surface area contributed by atoms with Gasteiger partial charge < -0.3 is 5.11 Å². The van der Waals surface area contributed by atoms with Crippen molar-refractivity contribution in [3.05, 3.63) is 33.4 Å². The van der Waals surface area contributed by atoms with Crippen LogP contribution in [0, 0.1) is 9.49 Å². The van der Waals surface area contributed by atoms with Gasteiger partial charge in [-0.15, -0.1) is 0 Å². The minimum absolute atomic E-state index is 0.150. The van der Waals surface area contributed by atoms with E-state index in [1.54, 1.807) is 0 Å². The zero-order valence-corrected chi connectivity index (χ0v) is 11.7. The Labute approximate surface area is 111 Å². The van der Waals surface area contributed by atoms with E-state index < -0.39 is 0 Å². The molecule has 0 amide bonds. The molecule has 0 aromatic heterocycles. The van der Waals surface area contributed by atoms with E-state index in [0.717, 1.165) is 18.8 Å². The predicted octanol–water partition coefficient (Wildman–Crippen LogP) is 3.77. The molecule has 0 saturated heterocycles. The summed E-state index contributed by atoms with van der Waals surface area (Å²) >= 11 is 2.31. The summed E-state index contributed by atoms with van der Waals surface area (Å²) in [7, 11) is 0. The highest BCUT2D eigenvalue weighted by molar-refractivity contribution is 14.1. The maximum atomic E-state index is 10.0. The van der Waals surface area contributed by atoms with Crippen LogP contribution in [0.4, 0.5) is 0 Å². The van der Waals surface area contributed by atoms with Crippen molar-refractivity contribution in [2.24, 2.45) is 5.92 Å². The normalized spacial score (nSPS) is 18.9. The number of rotatable bonds is 4. The van der Waals surface area contributed by atoms with E-state index in [0.29, 0.717) is 0 Å². The first kappa shape index (κ1) is 12.4. The number of benzene rings is 1. The molecule has 1 fully saturated rings. The van der Waals surface area contributed by atoms with Crippen LogP contribution in [0.3, 0.4) is 0 Å². The second-order valence-corrected chi connectivity index (χ2v) is 6.12. The molecule has 2 heteroatoms. The summed E-state index contributed by atoms with van der Waals surface area (Å²) in [6.45, 7) is 0. The third-order valence-corrected chi connectivity index (χ3v) is 4.18. The molecule has 1 aromatic carbocycles. The lowest BCUT2D eigenvalue weighted by Gasteiger charge is -2.15. The lowest BCUT2D eigenvalue weighted by atomic mass is 9.96. The Kier molecular flexibility index (Phi) is 4.65. The standard InChI is InChI=1S/C14H19IO/c15-13-7-5-12(6-8-13)10-14(16)9-11-3-1-2-4-11/h5-8,11,14,16H,1-4,9-10H2. The van der Waals surface area contributed by atoms with E-state index in [1.807, 2.05) is 0 Å². The monoisotopic (exact) mass is 330 g/mol. The van der Waals surface area contributed by atoms with Crippen molar-refractivity contribution in [2.45, 2.75) is 44.6 Å². The van der Waals surface area contributed by atoms with Crippen LogP contribution in [0.15, 0.2) is 24.3 Å². The average molecular weight is 330 g/mol. The quantitative estimate of drug-likeness (QED) is 0.833. The van der Waals surface area contributed by atoms with E-state index in [-0.39, 0.29) is 6.10 Å². The second-order valence-electron chi connectivity index (χ2n) is 4.87. The summed E-state index contributed by atoms with van der Waals surface area (Å²) in [6, 6.07) is 8.47. The number of halogens is 1. The molecule has 88 valence electrons. The van der Waals surface area contributed by atoms with Crippen LogP contribution >= 0.6 is 22.6 Å². The van der Waals surface area contributed by atoms with Gasteiger partial charge in [-0.2, -0.15) is 0 Å². The molecule has 2 rings (SSSR count). The molecule has 0 radical (unpaired) electrons. The molecule has 1 nitrogen and oxygen atoms in total. The topological polar surface area (TPSA) is 20.2 Å². The van der Waals surface area contributed by atoms with Crippen LogP contribution in [-0.4, -0.2) is 11.2 Å². The summed E-state index contributed by atoms with van der Waals surface area (Å²) in [5, 5.41) is 10.0. The lowest BCUT2D eigenvalue weighted by Crippen LogP contribution is -2.14. The number of hydrogen-bond acceptors (Lipinski definition) is 1. The largest absolute Gasteiger partial charge is 0.393 e. The van der Waals surface area contributed by atoms with Crippen LogP contribution in [-0.2, 0) is 6.42 Å². The minimum Gasteiger partial charge on any atom is -0.393 e. The highest BCUT2D eigenvalue weighted by Crippen LogP contribution is 2.29. The Bertz CT molecular complexity index is 314. The van der Waals surface area contributed by atoms with Crippen molar-refractivity contribution in [3.8, 4) is 0 Å². The zero-order chi connectivity index (χ0) is 11.4. The van der Waals surface area contributed by atoms with Gasteiger partial charge in [0, 0.05) is 3.57 Å². The SMILES string of the molecule is OC(Cc1ccc(I)cc1)CC1CCCC1. The fourth-order valence-corrected chi connectivity index (χ4v) is 2.97. The van der Waals surface area contributed by atoms with Crippen molar-refractivity contribution < 1.29 is 5.11 Å². The molecule has 1 atom stereocenters. The molecule has 0 spiro atoms. The molecule has 1 saturated carbocycles. The fourth-order valence-electron chi connectivity index (χ4n) is 2.61. The third-order valence-electron chi connectivity index (χ3n) is 3.46. The van der Waals surface area contributed by atoms with Gasteiger partial charge in [-0.3, -0.25) is 0 Å². The highest BCUT2D eigenvalue weighted by atomic mass is 127. The van der Waals surface area contributed by atoms with Gasteiger partial charge in [0.2, 0.25) is 0 Å². The minimum atomic E-state index is -0.150. The first-order valence-corrected chi connectivity index (χ1v) is 7.24. The van der Waals surface area contributed by atoms with Gasteiger partial charge in [0.15, 0.2) is 0 Å². The van der Waals surface area contributed by atoms with Crippen molar-refractivity contribution >= 4 is 22.6 Å². The summed E-state index contributed by atoms with van der Waals surface area (Å²) in [6.07, 6.45) is 7.03. The molecular formula is C14H19IO. The Morgan fingerprint density at radius 2 is 1.81 bits per heavy atom. The molecule has 1 aliphatic carbocycles. The van der Waals surface area contributed by atoms with Gasteiger partial charge in [-0.05, 0) is 59.0 Å². The van der Waals surface area contributed by atoms with Gasteiger partial charge in [-0.25, -0.2) is 0 Å². The van der Waals surface area contributed by atoms with Crippen molar-refractivity contribution in [1.29, 1.82) is 0 Å². The summed E-state index contributed by atoms with van der Waals surface area (Å²) in [5.74, 6) is 0.777. The van der Waals surface area contributed by atoms with E-state index in [2.05, 4.69) is 46.9 Å². The Hall–Kier alpha value is -0.0900. The molecule has 1 aliphatic rings. The maximum absolute atomic E-state index is 10.0. The molecular weight excluding hydrogens is 311 g/mol. The lowest BCUT2D eigenvalue weighted by molar-refractivity contribution is 0.143. The molecule has 1 N–H and O–H groups in total. The number of aliphatic hydroxyl groups excluding tert-OH is 1. The Morgan fingerprint density at radius 3 is 2.44 bits per heavy atom. The second kappa shape index (κ2) is 6.01. The van der Waals surface area contributed by atoms with E-state index in [1.165, 1.54) is 34.8 Å². The van der Waals surface area contributed by atoms with Gasteiger partial charge in [0.05, 0.1) is 6.10 Å². The summed E-state index contributed by atoms with van der Waals surface area (Å²) < 4.78 is 1.26. The van der Waals surface area contributed by atoms with Crippen molar-refractivity contribution in [1.82, 2.24) is 0 Å². The van der Waals surface area contributed by atoms with E-state index in [4.69, 9.17) is 0 Å². The molecule has 1 unspecified atom stereocenters. The molecule has 0 aliphatic heterocycles. The van der Waals surface area contributed by atoms with Crippen LogP contribution in [0.25, 0.3) is 0 Å². The van der Waals surface area contributed by atoms with Crippen LogP contribution in [0.5, 0.6) is 0 Å². The smallest absolute Gasteiger partial charge is 0.0583 e. The van der Waals surface area contributed by atoms with Crippen LogP contribution < -0.4 is 0 Å². The molecule has 1 aromatic rings. The van der Waals surface area contributed by atoms with Crippen LogP contribution in [0.1, 0.15) is 37.7 Å². The predicted molar refractivity (Wildman–Crippen MR) is 75.4 cm³/mol. The van der Waals surface area contributed by atoms with Crippen molar-refractivity contribution in [2.75, 3.05) is 0 Å². The van der Waals surface area contributed by atoms with Gasteiger partial charge in [0.25, 0.3) is 0 Å². The Balaban J connectivity index is 1.81. The molecule has 16 heavy (non-hydrogen) atoms. The van der Waals surface area contributed by atoms with Gasteiger partial charge in [0.1, 0.15) is 0 Å². The van der Waals surface area contributed by atoms with E-state index >= 15 is 0 Å². The third kappa shape index (κ3) is 3.74. The average Bonchev–Trinajstić information content (AvgIpc) is 2.74. The first-order valence-electron chi connectivity index (χ1n) is 6.16. The maximum Gasteiger partial charge on any atom is 0.0583 e. The van der Waals surface area contributed by atoms with Gasteiger partial charge >= 0.3 is 0 Å². The first-order chi connectivity index (χ1) is 7.74. The molecule has 0 heterocycles. The summed E-state index contributed by atoms with van der Waals surface area (Å²) in [4.78, 5) is 0. The highest BCUT2D eigenvalue weighted by Gasteiger charge is 2.18. The number of hydrogen-bond donors (Lipinski definition) is 1. The fraction of sp³-hybridized carbons (Fsp3) is 0.571. The van der Waals surface area contributed by atoms with Crippen LogP contribution in [0.2, 0.25) is 0 Å². The van der Waals surface area contributed by atoms with Crippen molar-refractivity contribution in [3.63, 3.8) is 0 Å². The Morgan fingerprint density at radius 1 is 1.19 bits per heavy atom. The summed E-state index contributed by atoms with van der Waals surface area (Å²) in [5.41, 5.74) is 1.26. The number of aliphatic hydroxyl groups is 1. The van der Waals surface area contributed by atoms with Gasteiger partial charge in [-0.1, -0.05) is 37.8 Å². The van der Waals surface area contributed by atoms with E-state index in [9.17, 15) is 5.11 Å². The zero-order valence-electron chi connectivity index (χ0n) is 9.53.